The van der Waals surface area contributed by atoms with E-state index in [1.807, 2.05) is 38.3 Å². The van der Waals surface area contributed by atoms with Crippen LogP contribution in [0.4, 0.5) is 5.00 Å². The summed E-state index contributed by atoms with van der Waals surface area (Å²) in [4.78, 5) is 11.7. The molecular formula is C68H74N24O4S. The molecule has 12 aromatic rings. The number of aromatic hydroxyl groups is 3. The molecule has 496 valence electrons. The van der Waals surface area contributed by atoms with Crippen LogP contribution in [0, 0.1) is 17.9 Å². The van der Waals surface area contributed by atoms with E-state index in [1.54, 1.807) is 60.9 Å². The average Bonchev–Trinajstić information content (AvgIpc) is 1.73. The van der Waals surface area contributed by atoms with Crippen LogP contribution in [0.25, 0.3) is 105 Å². The lowest BCUT2D eigenvalue weighted by Crippen LogP contribution is -2.58. The highest BCUT2D eigenvalue weighted by atomic mass is 32.1. The number of hydrogen-bond acceptors (Lipinski definition) is 24. The van der Waals surface area contributed by atoms with Gasteiger partial charge in [-0.3, -0.25) is 10.1 Å². The molecule has 15 rings (SSSR count). The summed E-state index contributed by atoms with van der Waals surface area (Å²) in [5.41, 5.74) is 9.90. The summed E-state index contributed by atoms with van der Waals surface area (Å²) in [6.45, 7) is 33.5. The highest BCUT2D eigenvalue weighted by Gasteiger charge is 2.42. The third kappa shape index (κ3) is 13.7. The van der Waals surface area contributed by atoms with Crippen LogP contribution >= 0.6 is 11.3 Å². The highest BCUT2D eigenvalue weighted by Crippen LogP contribution is 2.43. The number of thiazole rings is 1. The van der Waals surface area contributed by atoms with Crippen LogP contribution in [0.3, 0.4) is 0 Å². The fourth-order valence-electron chi connectivity index (χ4n) is 14.8. The van der Waals surface area contributed by atoms with Gasteiger partial charge in [-0.1, -0.05) is 27.8 Å². The molecule has 0 bridgehead atoms. The summed E-state index contributed by atoms with van der Waals surface area (Å²) in [6, 6.07) is 23.5. The summed E-state index contributed by atoms with van der Waals surface area (Å²) in [6.07, 6.45) is 11.6. The number of phenols is 3. The fraction of sp³-hybridized carbons (Fsp3) is 0.397. The Morgan fingerprint density at radius 1 is 0.505 bits per heavy atom. The molecule has 28 nitrogen and oxygen atoms in total. The molecule has 3 saturated heterocycles. The lowest BCUT2D eigenvalue weighted by Gasteiger charge is -2.46. The number of nitriles is 1. The Kier molecular flexibility index (Phi) is 16.5. The van der Waals surface area contributed by atoms with Crippen LogP contribution in [0.15, 0.2) is 102 Å². The van der Waals surface area contributed by atoms with Crippen molar-refractivity contribution in [3.8, 4) is 90.2 Å². The minimum Gasteiger partial charge on any atom is -0.507 e. The molecule has 0 unspecified atom stereocenters. The Labute approximate surface area is 561 Å². The maximum Gasteiger partial charge on any atom is 0.260 e. The summed E-state index contributed by atoms with van der Waals surface area (Å²) >= 11 is 1.28. The normalized spacial score (nSPS) is 18.0. The van der Waals surface area contributed by atoms with Gasteiger partial charge in [-0.15, -0.1) is 57.2 Å². The number of nitrogens with one attached hydrogen (secondary N) is 4. The molecule has 3 aromatic carbocycles. The molecule has 3 fully saturated rings. The predicted octanol–water partition coefficient (Wildman–Crippen LogP) is 11.8. The SMILES string of the molecule is CC1(C)CC(n2nnc3cc(-c4ccc(-c5cn[nH]c5C#N)cc4O)nnc32)CC(C)(C)N1.CC1(C)CC(n2nnc3cc(-c4ccc(-c5ncco5)cc4O)nnc32)CC(C)(C)N1.[C-]#[N+]c1cnc(-c2ccc(-c3cc4nnn(C5CC(C)(C)NC(C)(C)C5)c4nn3)c(O)c2)s1. The van der Waals surface area contributed by atoms with E-state index in [0.717, 1.165) is 44.1 Å². The summed E-state index contributed by atoms with van der Waals surface area (Å²) in [5.74, 6) is 0.605. The van der Waals surface area contributed by atoms with E-state index in [2.05, 4.69) is 192 Å². The van der Waals surface area contributed by atoms with Crippen LogP contribution in [-0.2, 0) is 0 Å². The molecule has 3 aliphatic heterocycles. The third-order valence-electron chi connectivity index (χ3n) is 17.6. The maximum absolute atomic E-state index is 10.7. The Balaban J connectivity index is 0.000000131. The monoisotopic (exact) mass is 1320 g/mol. The first kappa shape index (κ1) is 65.1. The van der Waals surface area contributed by atoms with Crippen molar-refractivity contribution in [2.75, 3.05) is 0 Å². The number of H-pyrrole nitrogens is 1. The van der Waals surface area contributed by atoms with E-state index in [9.17, 15) is 20.6 Å². The highest BCUT2D eigenvalue weighted by molar-refractivity contribution is 7.19. The van der Waals surface area contributed by atoms with Crippen LogP contribution < -0.4 is 16.0 Å². The number of hydrogen-bond donors (Lipinski definition) is 7. The van der Waals surface area contributed by atoms with Crippen LogP contribution in [0.5, 0.6) is 17.2 Å². The van der Waals surface area contributed by atoms with E-state index < -0.39 is 0 Å². The Morgan fingerprint density at radius 3 is 1.27 bits per heavy atom. The second-order valence-electron chi connectivity index (χ2n) is 29.2. The van der Waals surface area contributed by atoms with Gasteiger partial charge in [-0.05, 0) is 188 Å². The lowest BCUT2D eigenvalue weighted by molar-refractivity contribution is 0.126. The van der Waals surface area contributed by atoms with Gasteiger partial charge in [-0.25, -0.2) is 23.9 Å². The van der Waals surface area contributed by atoms with Crippen molar-refractivity contribution in [2.24, 2.45) is 0 Å². The summed E-state index contributed by atoms with van der Waals surface area (Å²) < 4.78 is 10.9. The van der Waals surface area contributed by atoms with E-state index >= 15 is 0 Å². The number of piperidine rings is 3. The Hall–Kier alpha value is -10.6. The standard InChI is InChI=1S/C23H25N9O.C23H24N8OS.C22H25N7O2/c1-22(2)9-14(10-23(3,4)30-22)32-21-18(28-31-32)8-17(27-29-21)15-6-5-13(7-20(15)33)16-12-25-26-19(16)11-24;1-22(2)10-14(11-23(3,4)29-22)31-20-17(27-30-31)9-16(26-28-20)15-7-6-13(8-18(15)32)21-25-12-19(24-5)33-21;1-21(2)11-14(12-22(3,4)27-21)29-19-17(25-28-29)10-16(24-26-19)15-6-5-13(9-18(15)30)20-23-7-8-31-20/h5-8,12,14,30,33H,9-10H2,1-4H3,(H,25,26);6-9,12,14,29,32H,10-11H2,1-4H3;5-10,14,27,30H,11-12H2,1-4H3. The zero-order chi connectivity index (χ0) is 68.6. The third-order valence-corrected chi connectivity index (χ3v) is 18.6. The van der Waals surface area contributed by atoms with E-state index in [4.69, 9.17) is 11.0 Å². The van der Waals surface area contributed by atoms with Gasteiger partial charge in [0.2, 0.25) is 22.8 Å². The largest absolute Gasteiger partial charge is 0.507 e. The van der Waals surface area contributed by atoms with E-state index in [-0.39, 0.29) is 68.6 Å². The van der Waals surface area contributed by atoms with Gasteiger partial charge in [0.15, 0.2) is 0 Å². The van der Waals surface area contributed by atoms with Gasteiger partial charge >= 0.3 is 0 Å². The van der Waals surface area contributed by atoms with Crippen molar-refractivity contribution < 1.29 is 19.7 Å². The fourth-order valence-corrected chi connectivity index (χ4v) is 15.5. The molecule has 0 radical (unpaired) electrons. The van der Waals surface area contributed by atoms with Gasteiger partial charge in [0, 0.05) is 72.8 Å². The molecule has 3 aliphatic rings. The number of rotatable bonds is 9. The number of nitrogens with zero attached hydrogens (tertiary/aromatic N) is 20. The molecule has 0 aliphatic carbocycles. The predicted molar refractivity (Wildman–Crippen MR) is 365 cm³/mol. The summed E-state index contributed by atoms with van der Waals surface area (Å²) in [5, 5.41) is 113. The second kappa shape index (κ2) is 24.6. The van der Waals surface area contributed by atoms with Gasteiger partial charge in [0.05, 0.1) is 54.2 Å². The zero-order valence-corrected chi connectivity index (χ0v) is 56.6. The molecule has 7 N–H and O–H groups in total. The van der Waals surface area contributed by atoms with Crippen molar-refractivity contribution in [1.82, 2.24) is 112 Å². The van der Waals surface area contributed by atoms with Crippen molar-refractivity contribution in [2.45, 2.75) is 173 Å². The first-order chi connectivity index (χ1) is 46.0. The molecular weight excluding hydrogens is 1250 g/mol. The smallest absolute Gasteiger partial charge is 0.260 e. The molecule has 12 heterocycles. The molecule has 0 spiro atoms. The minimum atomic E-state index is -0.0357. The number of phenolic OH excluding ortho intramolecular Hbond substituents is 3. The second-order valence-corrected chi connectivity index (χ2v) is 30.2. The number of oxazole rings is 1. The molecule has 9 aromatic heterocycles. The van der Waals surface area contributed by atoms with Gasteiger partial charge in [-0.2, -0.15) is 10.4 Å². The molecule has 97 heavy (non-hydrogen) atoms. The lowest BCUT2D eigenvalue weighted by atomic mass is 9.79. The Morgan fingerprint density at radius 2 is 0.897 bits per heavy atom. The van der Waals surface area contributed by atoms with Crippen molar-refractivity contribution in [3.63, 3.8) is 0 Å². The van der Waals surface area contributed by atoms with Crippen molar-refractivity contribution >= 4 is 49.8 Å². The quantitative estimate of drug-likeness (QED) is 0.0660. The number of aromatic amines is 1. The first-order valence-corrected chi connectivity index (χ1v) is 32.6. The van der Waals surface area contributed by atoms with E-state index in [0.29, 0.717) is 106 Å². The molecule has 29 heteroatoms. The van der Waals surface area contributed by atoms with Crippen LogP contribution in [0.2, 0.25) is 0 Å². The topological polar surface area (TPSA) is 362 Å². The number of aromatic nitrogens is 19. The van der Waals surface area contributed by atoms with Gasteiger partial charge in [0.25, 0.3) is 5.00 Å². The van der Waals surface area contributed by atoms with Crippen LogP contribution in [-0.4, -0.2) is 144 Å². The van der Waals surface area contributed by atoms with Crippen molar-refractivity contribution in [1.29, 1.82) is 5.26 Å². The minimum absolute atomic E-state index is 0.0194. The first-order valence-electron chi connectivity index (χ1n) is 31.8. The average molecular weight is 1320 g/mol. The van der Waals surface area contributed by atoms with Crippen LogP contribution in [0.1, 0.15) is 145 Å². The Bertz CT molecular complexity index is 4980. The molecule has 0 atom stereocenters. The number of benzene rings is 3. The number of fused-ring (bicyclic) bond motifs is 3. The van der Waals surface area contributed by atoms with Gasteiger partial charge < -0.3 is 35.7 Å². The van der Waals surface area contributed by atoms with Gasteiger partial charge in [0.1, 0.15) is 56.8 Å². The van der Waals surface area contributed by atoms with E-state index in [1.165, 1.54) is 23.8 Å². The maximum atomic E-state index is 10.7. The summed E-state index contributed by atoms with van der Waals surface area (Å²) in [7, 11) is 0. The van der Waals surface area contributed by atoms with Crippen molar-refractivity contribution in [3.05, 3.63) is 115 Å². The molecule has 0 amide bonds. The zero-order valence-electron chi connectivity index (χ0n) is 55.8. The molecule has 0 saturated carbocycles.